The Morgan fingerprint density at radius 1 is 1.00 bits per heavy atom. The third kappa shape index (κ3) is 2.16. The second-order valence-electron chi connectivity index (χ2n) is 6.00. The van der Waals surface area contributed by atoms with E-state index < -0.39 is 0 Å². The van der Waals surface area contributed by atoms with Gasteiger partial charge in [0.05, 0.1) is 11.4 Å². The van der Waals surface area contributed by atoms with Crippen LogP contribution in [0, 0.1) is 0 Å². The minimum absolute atomic E-state index is 0.861. The molecule has 1 fully saturated rings. The van der Waals surface area contributed by atoms with Gasteiger partial charge in [-0.1, -0.05) is 24.6 Å². The van der Waals surface area contributed by atoms with Crippen LogP contribution >= 0.6 is 0 Å². The third-order valence-corrected chi connectivity index (χ3v) is 4.79. The summed E-state index contributed by atoms with van der Waals surface area (Å²) in [7, 11) is 0. The topological polar surface area (TPSA) is 21.1 Å². The molecule has 104 valence electrons. The normalized spacial score (nSPS) is 20.2. The fraction of sp³-hybridized carbons (Fsp3) is 0.471. The van der Waals surface area contributed by atoms with Gasteiger partial charge in [-0.25, -0.2) is 4.68 Å². The molecule has 4 rings (SSSR count). The third-order valence-electron chi connectivity index (χ3n) is 4.79. The first-order valence-electron chi connectivity index (χ1n) is 7.77. The highest BCUT2D eigenvalue weighted by atomic mass is 15.3. The molecule has 3 nitrogen and oxygen atoms in total. The van der Waals surface area contributed by atoms with Crippen LogP contribution in [0.1, 0.15) is 30.5 Å². The zero-order chi connectivity index (χ0) is 13.4. The Hall–Kier alpha value is -1.61. The summed E-state index contributed by atoms with van der Waals surface area (Å²) in [4.78, 5) is 2.68. The Morgan fingerprint density at radius 2 is 1.80 bits per heavy atom. The molecule has 1 aliphatic heterocycles. The summed E-state index contributed by atoms with van der Waals surface area (Å²) >= 11 is 0. The number of rotatable bonds is 2. The van der Waals surface area contributed by atoms with Crippen LogP contribution in [-0.4, -0.2) is 33.8 Å². The fourth-order valence-corrected chi connectivity index (χ4v) is 3.32. The van der Waals surface area contributed by atoms with E-state index in [4.69, 9.17) is 5.10 Å². The largest absolute Gasteiger partial charge is 0.300 e. The maximum absolute atomic E-state index is 4.81. The van der Waals surface area contributed by atoms with Crippen molar-refractivity contribution in [1.82, 2.24) is 14.7 Å². The number of hydrogen-bond acceptors (Lipinski definition) is 2. The van der Waals surface area contributed by atoms with Crippen LogP contribution in [0.3, 0.4) is 0 Å². The summed E-state index contributed by atoms with van der Waals surface area (Å²) in [5.74, 6) is 0. The van der Waals surface area contributed by atoms with Crippen LogP contribution in [0.2, 0.25) is 0 Å². The van der Waals surface area contributed by atoms with E-state index in [2.05, 4.69) is 41.4 Å². The van der Waals surface area contributed by atoms with Crippen LogP contribution in [0.25, 0.3) is 5.69 Å². The van der Waals surface area contributed by atoms with Crippen molar-refractivity contribution < 1.29 is 0 Å². The SMILES string of the molecule is c1ccc(-n2cc3c(n2)CCN(C2CCC2)CC3)cc1. The maximum Gasteiger partial charge on any atom is 0.0674 e. The van der Waals surface area contributed by atoms with Crippen molar-refractivity contribution in [3.63, 3.8) is 0 Å². The molecule has 20 heavy (non-hydrogen) atoms. The van der Waals surface area contributed by atoms with Crippen molar-refractivity contribution in [2.45, 2.75) is 38.1 Å². The minimum Gasteiger partial charge on any atom is -0.300 e. The van der Waals surface area contributed by atoms with Gasteiger partial charge >= 0.3 is 0 Å². The molecule has 3 heteroatoms. The lowest BCUT2D eigenvalue weighted by Crippen LogP contribution is -2.41. The second-order valence-corrected chi connectivity index (χ2v) is 6.00. The number of aromatic nitrogens is 2. The maximum atomic E-state index is 4.81. The van der Waals surface area contributed by atoms with E-state index in [9.17, 15) is 0 Å². The highest BCUT2D eigenvalue weighted by Gasteiger charge is 2.27. The predicted molar refractivity (Wildman–Crippen MR) is 80.2 cm³/mol. The van der Waals surface area contributed by atoms with E-state index in [1.807, 2.05) is 4.68 Å². The summed E-state index contributed by atoms with van der Waals surface area (Å²) in [6.45, 7) is 2.39. The average molecular weight is 267 g/mol. The van der Waals surface area contributed by atoms with Crippen molar-refractivity contribution in [2.75, 3.05) is 13.1 Å². The summed E-state index contributed by atoms with van der Waals surface area (Å²) in [5, 5.41) is 4.81. The molecule has 0 N–H and O–H groups in total. The van der Waals surface area contributed by atoms with Gasteiger partial charge in [0.15, 0.2) is 0 Å². The molecule has 0 radical (unpaired) electrons. The zero-order valence-corrected chi connectivity index (χ0v) is 11.8. The smallest absolute Gasteiger partial charge is 0.0674 e. The van der Waals surface area contributed by atoms with E-state index in [0.717, 1.165) is 24.6 Å². The van der Waals surface area contributed by atoms with Gasteiger partial charge in [0.25, 0.3) is 0 Å². The number of hydrogen-bond donors (Lipinski definition) is 0. The number of para-hydroxylation sites is 1. The molecule has 0 bridgehead atoms. The van der Waals surface area contributed by atoms with Crippen molar-refractivity contribution in [2.24, 2.45) is 0 Å². The molecule has 1 saturated carbocycles. The first-order valence-corrected chi connectivity index (χ1v) is 7.77. The Bertz CT molecular complexity index is 558. The molecule has 2 heterocycles. The zero-order valence-electron chi connectivity index (χ0n) is 11.8. The number of benzene rings is 1. The fourth-order valence-electron chi connectivity index (χ4n) is 3.32. The molecule has 2 aromatic rings. The van der Waals surface area contributed by atoms with Crippen LogP contribution in [0.5, 0.6) is 0 Å². The molecule has 1 aromatic carbocycles. The van der Waals surface area contributed by atoms with E-state index in [1.54, 1.807) is 0 Å². The molecule has 0 atom stereocenters. The highest BCUT2D eigenvalue weighted by molar-refractivity contribution is 5.33. The average Bonchev–Trinajstić information content (AvgIpc) is 2.75. The van der Waals surface area contributed by atoms with E-state index in [1.165, 1.54) is 43.6 Å². The lowest BCUT2D eigenvalue weighted by molar-refractivity contribution is 0.133. The molecular formula is C17H21N3. The summed E-state index contributed by atoms with van der Waals surface area (Å²) in [6.07, 6.45) is 8.72. The lowest BCUT2D eigenvalue weighted by Gasteiger charge is -2.36. The van der Waals surface area contributed by atoms with E-state index >= 15 is 0 Å². The Kier molecular flexibility index (Phi) is 3.07. The van der Waals surface area contributed by atoms with Gasteiger partial charge in [0.2, 0.25) is 0 Å². The van der Waals surface area contributed by atoms with Crippen molar-refractivity contribution in [3.05, 3.63) is 47.8 Å². The summed E-state index contributed by atoms with van der Waals surface area (Å²) in [6, 6.07) is 11.3. The first-order chi connectivity index (χ1) is 9.90. The van der Waals surface area contributed by atoms with E-state index in [0.29, 0.717) is 0 Å². The van der Waals surface area contributed by atoms with Gasteiger partial charge in [-0.05, 0) is 37.0 Å². The van der Waals surface area contributed by atoms with Crippen LogP contribution in [0.15, 0.2) is 36.5 Å². The lowest BCUT2D eigenvalue weighted by atomic mass is 9.91. The monoisotopic (exact) mass is 267 g/mol. The van der Waals surface area contributed by atoms with Crippen molar-refractivity contribution in [1.29, 1.82) is 0 Å². The minimum atomic E-state index is 0.861. The molecule has 2 aliphatic rings. The standard InChI is InChI=1S/C17H21N3/c1-2-5-16(6-3-1)20-13-14-9-11-19(15-7-4-8-15)12-10-17(14)18-20/h1-3,5-6,13,15H,4,7-12H2. The highest BCUT2D eigenvalue weighted by Crippen LogP contribution is 2.27. The van der Waals surface area contributed by atoms with Crippen LogP contribution < -0.4 is 0 Å². The molecular weight excluding hydrogens is 246 g/mol. The number of nitrogens with zero attached hydrogens (tertiary/aromatic N) is 3. The Morgan fingerprint density at radius 3 is 2.55 bits per heavy atom. The summed E-state index contributed by atoms with van der Waals surface area (Å²) in [5.41, 5.74) is 3.91. The molecule has 0 unspecified atom stereocenters. The predicted octanol–water partition coefficient (Wildman–Crippen LogP) is 2.83. The van der Waals surface area contributed by atoms with Crippen molar-refractivity contribution in [3.8, 4) is 5.69 Å². The molecule has 0 amide bonds. The molecule has 1 aromatic heterocycles. The van der Waals surface area contributed by atoms with Crippen LogP contribution in [0.4, 0.5) is 0 Å². The Labute approximate surface area is 120 Å². The number of fused-ring (bicyclic) bond motifs is 1. The van der Waals surface area contributed by atoms with Gasteiger partial charge in [-0.2, -0.15) is 5.10 Å². The molecule has 0 spiro atoms. The quantitative estimate of drug-likeness (QED) is 0.834. The van der Waals surface area contributed by atoms with E-state index in [-0.39, 0.29) is 0 Å². The molecule has 0 saturated heterocycles. The Balaban J connectivity index is 1.54. The summed E-state index contributed by atoms with van der Waals surface area (Å²) < 4.78 is 2.05. The van der Waals surface area contributed by atoms with Gasteiger partial charge < -0.3 is 0 Å². The van der Waals surface area contributed by atoms with Crippen LogP contribution in [-0.2, 0) is 12.8 Å². The molecule has 1 aliphatic carbocycles. The first kappa shape index (κ1) is 12.2. The second kappa shape index (κ2) is 5.06. The van der Waals surface area contributed by atoms with Gasteiger partial charge in [0, 0.05) is 31.7 Å². The van der Waals surface area contributed by atoms with Gasteiger partial charge in [-0.15, -0.1) is 0 Å². The van der Waals surface area contributed by atoms with Crippen molar-refractivity contribution >= 4 is 0 Å². The van der Waals surface area contributed by atoms with Gasteiger partial charge in [0.1, 0.15) is 0 Å². The van der Waals surface area contributed by atoms with Gasteiger partial charge in [-0.3, -0.25) is 4.90 Å².